The molecule has 1 aromatic rings. The van der Waals surface area contributed by atoms with E-state index in [2.05, 4.69) is 0 Å². The summed E-state index contributed by atoms with van der Waals surface area (Å²) in [4.78, 5) is 24.6. The van der Waals surface area contributed by atoms with Crippen LogP contribution in [0, 0.1) is 0 Å². The fourth-order valence-corrected chi connectivity index (χ4v) is 2.24. The van der Waals surface area contributed by atoms with Crippen LogP contribution >= 0.6 is 11.8 Å². The normalized spacial score (nSPS) is 10.1. The lowest BCUT2D eigenvalue weighted by molar-refractivity contribution is 0.0478. The molecule has 0 bridgehead atoms. The first-order valence-electron chi connectivity index (χ1n) is 6.25. The van der Waals surface area contributed by atoms with Gasteiger partial charge in [0.1, 0.15) is 0 Å². The molecule has 0 saturated carbocycles. The Kier molecular flexibility index (Phi) is 6.42. The van der Waals surface area contributed by atoms with Crippen LogP contribution in [0.25, 0.3) is 0 Å². The second-order valence-electron chi connectivity index (χ2n) is 3.58. The van der Waals surface area contributed by atoms with Crippen LogP contribution in [0.5, 0.6) is 0 Å². The van der Waals surface area contributed by atoms with Gasteiger partial charge in [0.05, 0.1) is 24.3 Å². The van der Waals surface area contributed by atoms with Crippen molar-refractivity contribution in [2.45, 2.75) is 25.7 Å². The van der Waals surface area contributed by atoms with Crippen molar-refractivity contribution in [1.29, 1.82) is 0 Å². The van der Waals surface area contributed by atoms with Gasteiger partial charge in [0.2, 0.25) is 0 Å². The summed E-state index contributed by atoms with van der Waals surface area (Å²) in [6.07, 6.45) is 0. The monoisotopic (exact) mass is 282 g/mol. The molecular weight excluding hydrogens is 264 g/mol. The molecule has 0 spiro atoms. The van der Waals surface area contributed by atoms with Crippen LogP contribution in [0.1, 0.15) is 41.5 Å². The second-order valence-corrected chi connectivity index (χ2v) is 4.92. The third-order valence-electron chi connectivity index (χ3n) is 2.29. The van der Waals surface area contributed by atoms with Crippen LogP contribution in [0.15, 0.2) is 23.1 Å². The van der Waals surface area contributed by atoms with Crippen LogP contribution in [-0.4, -0.2) is 30.9 Å². The van der Waals surface area contributed by atoms with E-state index in [1.165, 1.54) is 0 Å². The number of esters is 2. The first-order valence-corrected chi connectivity index (χ1v) is 7.23. The Morgan fingerprint density at radius 1 is 1.00 bits per heavy atom. The first-order chi connectivity index (χ1) is 9.13. The maximum absolute atomic E-state index is 11.9. The molecule has 0 atom stereocenters. The molecule has 0 aliphatic heterocycles. The van der Waals surface area contributed by atoms with Crippen LogP contribution in [-0.2, 0) is 9.47 Å². The molecule has 1 aromatic carbocycles. The molecule has 1 rings (SSSR count). The largest absolute Gasteiger partial charge is 0.462 e. The van der Waals surface area contributed by atoms with E-state index in [1.807, 2.05) is 13.0 Å². The molecule has 104 valence electrons. The maximum Gasteiger partial charge on any atom is 0.339 e. The Morgan fingerprint density at radius 3 is 2.11 bits per heavy atom. The first kappa shape index (κ1) is 15.6. The van der Waals surface area contributed by atoms with E-state index >= 15 is 0 Å². The third-order valence-corrected chi connectivity index (χ3v) is 3.17. The van der Waals surface area contributed by atoms with Gasteiger partial charge in [0.15, 0.2) is 0 Å². The minimum atomic E-state index is -0.501. The van der Waals surface area contributed by atoms with Gasteiger partial charge >= 0.3 is 11.9 Å². The lowest BCUT2D eigenvalue weighted by Gasteiger charge is -2.10. The number of benzene rings is 1. The zero-order valence-corrected chi connectivity index (χ0v) is 12.2. The fraction of sp³-hybridized carbons (Fsp3) is 0.429. The summed E-state index contributed by atoms with van der Waals surface area (Å²) < 4.78 is 9.92. The Bertz CT molecular complexity index is 457. The van der Waals surface area contributed by atoms with Gasteiger partial charge in [-0.15, -0.1) is 11.8 Å². The van der Waals surface area contributed by atoms with Gasteiger partial charge < -0.3 is 9.47 Å². The average Bonchev–Trinajstić information content (AvgIpc) is 2.39. The van der Waals surface area contributed by atoms with Gasteiger partial charge in [-0.2, -0.15) is 0 Å². The van der Waals surface area contributed by atoms with E-state index in [0.29, 0.717) is 0 Å². The molecule has 5 heteroatoms. The highest BCUT2D eigenvalue weighted by Gasteiger charge is 2.19. The van der Waals surface area contributed by atoms with E-state index < -0.39 is 11.9 Å². The summed E-state index contributed by atoms with van der Waals surface area (Å²) in [5.74, 6) is -0.108. The molecule has 0 radical (unpaired) electrons. The summed E-state index contributed by atoms with van der Waals surface area (Å²) in [7, 11) is 0. The summed E-state index contributed by atoms with van der Waals surface area (Å²) in [5.41, 5.74) is 0.513. The SMILES string of the molecule is CCOC(=O)c1ccc(SCC)cc1C(=O)OCC. The zero-order valence-electron chi connectivity index (χ0n) is 11.4. The summed E-state index contributed by atoms with van der Waals surface area (Å²) >= 11 is 1.60. The van der Waals surface area contributed by atoms with E-state index in [1.54, 1.807) is 37.7 Å². The third kappa shape index (κ3) is 4.28. The summed E-state index contributed by atoms with van der Waals surface area (Å²) in [6, 6.07) is 5.10. The quantitative estimate of drug-likeness (QED) is 0.592. The molecule has 0 saturated heterocycles. The van der Waals surface area contributed by atoms with Crippen molar-refractivity contribution in [2.75, 3.05) is 19.0 Å². The molecule has 0 aliphatic carbocycles. The van der Waals surface area contributed by atoms with Gasteiger partial charge in [0, 0.05) is 4.90 Å². The Balaban J connectivity index is 3.14. The predicted octanol–water partition coefficient (Wildman–Crippen LogP) is 3.15. The predicted molar refractivity (Wildman–Crippen MR) is 74.8 cm³/mol. The van der Waals surface area contributed by atoms with E-state index in [4.69, 9.17) is 9.47 Å². The topological polar surface area (TPSA) is 52.6 Å². The molecule has 0 N–H and O–H groups in total. The minimum absolute atomic E-state index is 0.251. The van der Waals surface area contributed by atoms with Gasteiger partial charge in [-0.25, -0.2) is 9.59 Å². The van der Waals surface area contributed by atoms with Crippen molar-refractivity contribution in [3.63, 3.8) is 0 Å². The molecule has 0 fully saturated rings. The molecule has 0 amide bonds. The Labute approximate surface area is 117 Å². The lowest BCUT2D eigenvalue weighted by Crippen LogP contribution is -2.14. The van der Waals surface area contributed by atoms with Crippen LogP contribution in [0.3, 0.4) is 0 Å². The van der Waals surface area contributed by atoms with Crippen molar-refractivity contribution >= 4 is 23.7 Å². The highest BCUT2D eigenvalue weighted by atomic mass is 32.2. The molecule has 19 heavy (non-hydrogen) atoms. The van der Waals surface area contributed by atoms with Crippen molar-refractivity contribution in [3.8, 4) is 0 Å². The Morgan fingerprint density at radius 2 is 1.58 bits per heavy atom. The van der Waals surface area contributed by atoms with Gasteiger partial charge in [-0.3, -0.25) is 0 Å². The van der Waals surface area contributed by atoms with E-state index in [0.717, 1.165) is 10.6 Å². The minimum Gasteiger partial charge on any atom is -0.462 e. The van der Waals surface area contributed by atoms with Crippen molar-refractivity contribution in [2.24, 2.45) is 0 Å². The highest BCUT2D eigenvalue weighted by Crippen LogP contribution is 2.22. The van der Waals surface area contributed by atoms with Gasteiger partial charge in [0.25, 0.3) is 0 Å². The van der Waals surface area contributed by atoms with Crippen molar-refractivity contribution in [1.82, 2.24) is 0 Å². The van der Waals surface area contributed by atoms with Gasteiger partial charge in [-0.05, 0) is 37.8 Å². The lowest BCUT2D eigenvalue weighted by atomic mass is 10.1. The van der Waals surface area contributed by atoms with Gasteiger partial charge in [-0.1, -0.05) is 6.92 Å². The standard InChI is InChI=1S/C14H18O4S/c1-4-17-13(15)11-8-7-10(19-6-3)9-12(11)14(16)18-5-2/h7-9H,4-6H2,1-3H3. The zero-order chi connectivity index (χ0) is 14.3. The molecule has 0 aliphatic rings. The molecular formula is C14H18O4S. The molecule has 4 nitrogen and oxygen atoms in total. The number of ether oxygens (including phenoxy) is 2. The molecule has 0 heterocycles. The number of hydrogen-bond acceptors (Lipinski definition) is 5. The highest BCUT2D eigenvalue weighted by molar-refractivity contribution is 7.99. The van der Waals surface area contributed by atoms with Crippen LogP contribution in [0.4, 0.5) is 0 Å². The average molecular weight is 282 g/mol. The number of carbonyl (C=O) groups is 2. The smallest absolute Gasteiger partial charge is 0.339 e. The Hall–Kier alpha value is -1.49. The van der Waals surface area contributed by atoms with Crippen molar-refractivity contribution < 1.29 is 19.1 Å². The summed E-state index contributed by atoms with van der Waals surface area (Å²) in [6.45, 7) is 6.02. The number of carbonyl (C=O) groups excluding carboxylic acids is 2. The number of hydrogen-bond donors (Lipinski definition) is 0. The summed E-state index contributed by atoms with van der Waals surface area (Å²) in [5, 5.41) is 0. The van der Waals surface area contributed by atoms with E-state index in [9.17, 15) is 9.59 Å². The number of thioether (sulfide) groups is 1. The van der Waals surface area contributed by atoms with Crippen LogP contribution in [0.2, 0.25) is 0 Å². The molecule has 0 aromatic heterocycles. The van der Waals surface area contributed by atoms with Crippen molar-refractivity contribution in [3.05, 3.63) is 29.3 Å². The van der Waals surface area contributed by atoms with E-state index in [-0.39, 0.29) is 24.3 Å². The van der Waals surface area contributed by atoms with Crippen LogP contribution < -0.4 is 0 Å². The number of rotatable bonds is 6. The fourth-order valence-electron chi connectivity index (χ4n) is 1.54. The second kappa shape index (κ2) is 7.84. The maximum atomic E-state index is 11.9. The molecule has 0 unspecified atom stereocenters.